The Balaban J connectivity index is 1.88. The minimum atomic E-state index is -0.184. The van der Waals surface area contributed by atoms with Gasteiger partial charge < -0.3 is 16.0 Å². The van der Waals surface area contributed by atoms with E-state index in [4.69, 9.17) is 0 Å². The Morgan fingerprint density at radius 1 is 1.21 bits per heavy atom. The molecule has 3 N–H and O–H groups in total. The standard InChI is InChI=1S/C9H17N3O2/c1-7(13)12-6-9(14)11-5-4-10-8-2-3-8/h8,10H,2-6H2,1H3,(H,11,14)(H,12,13). The molecule has 0 bridgehead atoms. The number of carbonyl (C=O) groups is 2. The lowest BCUT2D eigenvalue weighted by Crippen LogP contribution is -2.39. The molecular formula is C9H17N3O2. The maximum atomic E-state index is 11.1. The second-order valence-electron chi connectivity index (χ2n) is 3.49. The summed E-state index contributed by atoms with van der Waals surface area (Å²) in [6, 6.07) is 0.669. The van der Waals surface area contributed by atoms with Gasteiger partial charge in [0.1, 0.15) is 0 Å². The monoisotopic (exact) mass is 199 g/mol. The maximum Gasteiger partial charge on any atom is 0.239 e. The van der Waals surface area contributed by atoms with E-state index in [-0.39, 0.29) is 18.4 Å². The fourth-order valence-corrected chi connectivity index (χ4v) is 1.03. The molecule has 0 heterocycles. The van der Waals surface area contributed by atoms with Gasteiger partial charge in [-0.15, -0.1) is 0 Å². The van der Waals surface area contributed by atoms with Crippen LogP contribution in [0.5, 0.6) is 0 Å². The summed E-state index contributed by atoms with van der Waals surface area (Å²) in [5.74, 6) is -0.325. The van der Waals surface area contributed by atoms with Crippen LogP contribution < -0.4 is 16.0 Å². The van der Waals surface area contributed by atoms with Crippen LogP contribution in [0.1, 0.15) is 19.8 Å². The highest BCUT2D eigenvalue weighted by atomic mass is 16.2. The van der Waals surface area contributed by atoms with E-state index in [1.807, 2.05) is 0 Å². The van der Waals surface area contributed by atoms with Crippen LogP contribution in [0.15, 0.2) is 0 Å². The van der Waals surface area contributed by atoms with E-state index >= 15 is 0 Å². The van der Waals surface area contributed by atoms with Crippen molar-refractivity contribution >= 4 is 11.8 Å². The largest absolute Gasteiger partial charge is 0.353 e. The molecule has 0 aromatic heterocycles. The Morgan fingerprint density at radius 3 is 2.50 bits per heavy atom. The highest BCUT2D eigenvalue weighted by Crippen LogP contribution is 2.17. The normalized spacial score (nSPS) is 14.9. The van der Waals surface area contributed by atoms with Gasteiger partial charge in [0.15, 0.2) is 0 Å². The van der Waals surface area contributed by atoms with Crippen LogP contribution >= 0.6 is 0 Å². The van der Waals surface area contributed by atoms with E-state index in [0.717, 1.165) is 6.54 Å². The molecule has 5 heteroatoms. The van der Waals surface area contributed by atoms with Crippen LogP contribution in [-0.2, 0) is 9.59 Å². The lowest BCUT2D eigenvalue weighted by atomic mass is 10.5. The summed E-state index contributed by atoms with van der Waals surface area (Å²) in [6.07, 6.45) is 2.50. The van der Waals surface area contributed by atoms with Gasteiger partial charge in [-0.25, -0.2) is 0 Å². The van der Waals surface area contributed by atoms with Crippen LogP contribution in [0.4, 0.5) is 0 Å². The zero-order chi connectivity index (χ0) is 10.4. The van der Waals surface area contributed by atoms with Gasteiger partial charge in [0, 0.05) is 26.1 Å². The van der Waals surface area contributed by atoms with E-state index < -0.39 is 0 Å². The van der Waals surface area contributed by atoms with Gasteiger partial charge in [0.05, 0.1) is 6.54 Å². The maximum absolute atomic E-state index is 11.1. The lowest BCUT2D eigenvalue weighted by Gasteiger charge is -2.05. The molecule has 5 nitrogen and oxygen atoms in total. The second-order valence-corrected chi connectivity index (χ2v) is 3.49. The van der Waals surface area contributed by atoms with Crippen molar-refractivity contribution in [3.05, 3.63) is 0 Å². The van der Waals surface area contributed by atoms with E-state index in [9.17, 15) is 9.59 Å². The topological polar surface area (TPSA) is 70.2 Å². The molecular weight excluding hydrogens is 182 g/mol. The van der Waals surface area contributed by atoms with Crippen molar-refractivity contribution < 1.29 is 9.59 Å². The number of rotatable bonds is 6. The molecule has 1 saturated carbocycles. The quantitative estimate of drug-likeness (QED) is 0.480. The van der Waals surface area contributed by atoms with E-state index in [2.05, 4.69) is 16.0 Å². The molecule has 1 rings (SSSR count). The van der Waals surface area contributed by atoms with Crippen LogP contribution in [0.25, 0.3) is 0 Å². The van der Waals surface area contributed by atoms with Crippen molar-refractivity contribution in [1.82, 2.24) is 16.0 Å². The number of hydrogen-bond donors (Lipinski definition) is 3. The summed E-state index contributed by atoms with van der Waals surface area (Å²) in [7, 11) is 0. The first-order valence-corrected chi connectivity index (χ1v) is 4.93. The molecule has 0 saturated heterocycles. The van der Waals surface area contributed by atoms with Gasteiger partial charge in [-0.3, -0.25) is 9.59 Å². The molecule has 1 aliphatic rings. The van der Waals surface area contributed by atoms with Crippen LogP contribution in [0.2, 0.25) is 0 Å². The predicted octanol–water partition coefficient (Wildman–Crippen LogP) is -1.01. The molecule has 1 aliphatic carbocycles. The molecule has 0 atom stereocenters. The van der Waals surface area contributed by atoms with Gasteiger partial charge >= 0.3 is 0 Å². The lowest BCUT2D eigenvalue weighted by molar-refractivity contribution is -0.125. The average molecular weight is 199 g/mol. The highest BCUT2D eigenvalue weighted by molar-refractivity contribution is 5.83. The molecule has 0 spiro atoms. The van der Waals surface area contributed by atoms with Crippen LogP contribution in [0, 0.1) is 0 Å². The zero-order valence-electron chi connectivity index (χ0n) is 8.43. The smallest absolute Gasteiger partial charge is 0.239 e. The van der Waals surface area contributed by atoms with Crippen molar-refractivity contribution in [3.63, 3.8) is 0 Å². The van der Waals surface area contributed by atoms with E-state index in [1.165, 1.54) is 19.8 Å². The predicted molar refractivity (Wildman–Crippen MR) is 52.7 cm³/mol. The van der Waals surface area contributed by atoms with Crippen molar-refractivity contribution in [2.45, 2.75) is 25.8 Å². The number of amides is 2. The number of carbonyl (C=O) groups excluding carboxylic acids is 2. The van der Waals surface area contributed by atoms with Crippen molar-refractivity contribution in [1.29, 1.82) is 0 Å². The Morgan fingerprint density at radius 2 is 1.93 bits per heavy atom. The van der Waals surface area contributed by atoms with E-state index in [1.54, 1.807) is 0 Å². The SMILES string of the molecule is CC(=O)NCC(=O)NCCNC1CC1. The molecule has 2 amide bonds. The van der Waals surface area contributed by atoms with Crippen molar-refractivity contribution in [2.24, 2.45) is 0 Å². The molecule has 14 heavy (non-hydrogen) atoms. The first-order chi connectivity index (χ1) is 6.68. The van der Waals surface area contributed by atoms with Gasteiger partial charge in [-0.1, -0.05) is 0 Å². The Labute approximate surface area is 83.6 Å². The molecule has 0 unspecified atom stereocenters. The Bertz CT molecular complexity index is 214. The molecule has 0 aromatic rings. The molecule has 0 aliphatic heterocycles. The summed E-state index contributed by atoms with van der Waals surface area (Å²) in [5, 5.41) is 8.42. The first kappa shape index (κ1) is 11.0. The summed E-state index contributed by atoms with van der Waals surface area (Å²) in [5.41, 5.74) is 0. The summed E-state index contributed by atoms with van der Waals surface area (Å²) < 4.78 is 0. The third-order valence-corrected chi connectivity index (χ3v) is 1.96. The second kappa shape index (κ2) is 5.59. The molecule has 0 radical (unpaired) electrons. The highest BCUT2D eigenvalue weighted by Gasteiger charge is 2.19. The Hall–Kier alpha value is -1.10. The third kappa shape index (κ3) is 5.53. The first-order valence-electron chi connectivity index (χ1n) is 4.93. The molecule has 1 fully saturated rings. The fourth-order valence-electron chi connectivity index (χ4n) is 1.03. The Kier molecular flexibility index (Phi) is 4.39. The number of hydrogen-bond acceptors (Lipinski definition) is 3. The molecule has 0 aromatic carbocycles. The van der Waals surface area contributed by atoms with Crippen LogP contribution in [0.3, 0.4) is 0 Å². The minimum Gasteiger partial charge on any atom is -0.353 e. The van der Waals surface area contributed by atoms with Gasteiger partial charge in [0.2, 0.25) is 11.8 Å². The van der Waals surface area contributed by atoms with Crippen LogP contribution in [-0.4, -0.2) is 37.5 Å². The van der Waals surface area contributed by atoms with Gasteiger partial charge in [0.25, 0.3) is 0 Å². The summed E-state index contributed by atoms with van der Waals surface area (Å²) in [4.78, 5) is 21.5. The number of nitrogens with one attached hydrogen (secondary N) is 3. The van der Waals surface area contributed by atoms with Crippen molar-refractivity contribution in [2.75, 3.05) is 19.6 Å². The van der Waals surface area contributed by atoms with Gasteiger partial charge in [-0.2, -0.15) is 0 Å². The zero-order valence-corrected chi connectivity index (χ0v) is 8.43. The minimum absolute atomic E-state index is 0.0682. The molecule has 80 valence electrons. The van der Waals surface area contributed by atoms with E-state index in [0.29, 0.717) is 12.6 Å². The average Bonchev–Trinajstić information content (AvgIpc) is 2.92. The summed E-state index contributed by atoms with van der Waals surface area (Å²) in [6.45, 7) is 2.88. The summed E-state index contributed by atoms with van der Waals surface area (Å²) >= 11 is 0. The van der Waals surface area contributed by atoms with Crippen molar-refractivity contribution in [3.8, 4) is 0 Å². The van der Waals surface area contributed by atoms with Gasteiger partial charge in [-0.05, 0) is 12.8 Å². The fraction of sp³-hybridized carbons (Fsp3) is 0.778. The third-order valence-electron chi connectivity index (χ3n) is 1.96.